The summed E-state index contributed by atoms with van der Waals surface area (Å²) >= 11 is 0. The summed E-state index contributed by atoms with van der Waals surface area (Å²) in [5.41, 5.74) is -0.983. The van der Waals surface area contributed by atoms with Gasteiger partial charge in [0.05, 0.1) is 17.4 Å². The van der Waals surface area contributed by atoms with Crippen molar-refractivity contribution in [2.24, 2.45) is 0 Å². The molecule has 14 nitrogen and oxygen atoms in total. The van der Waals surface area contributed by atoms with Gasteiger partial charge in [-0.3, -0.25) is 18.8 Å². The molecule has 198 valence electrons. The summed E-state index contributed by atoms with van der Waals surface area (Å²) in [5.74, 6) is -2.13. The number of anilines is 1. The number of carboxylic acid groups (broad SMARTS) is 1. The van der Waals surface area contributed by atoms with E-state index in [9.17, 15) is 48.5 Å². The Kier molecular flexibility index (Phi) is 6.82. The molecule has 0 radical (unpaired) electrons. The number of aliphatic hydroxyl groups is 1. The molecule has 1 saturated heterocycles. The molecule has 2 aromatic rings. The summed E-state index contributed by atoms with van der Waals surface area (Å²) in [5, 5.41) is 15.7. The smallest absolute Gasteiger partial charge is 0.369 e. The fourth-order valence-corrected chi connectivity index (χ4v) is 6.60. The first-order valence-electron chi connectivity index (χ1n) is 10.7. The summed E-state index contributed by atoms with van der Waals surface area (Å²) in [4.78, 5) is 64.5. The normalized spacial score (nSPS) is 17.3. The minimum Gasteiger partial charge on any atom is -0.487 e. The first-order valence-corrected chi connectivity index (χ1v) is 13.9. The molecule has 1 aromatic carbocycles. The lowest BCUT2D eigenvalue weighted by atomic mass is 10.1. The lowest BCUT2D eigenvalue weighted by Gasteiger charge is -2.39. The molecule has 1 fully saturated rings. The molecule has 1 aromatic heterocycles. The van der Waals surface area contributed by atoms with Gasteiger partial charge in [-0.25, -0.2) is 9.18 Å². The number of carboxylic acids is 1. The summed E-state index contributed by atoms with van der Waals surface area (Å²) in [7, 11) is -11.1. The number of aromatic carboxylic acids is 1. The maximum atomic E-state index is 15.2. The number of carbonyl (C=O) groups is 1. The van der Waals surface area contributed by atoms with E-state index >= 15 is 4.39 Å². The van der Waals surface area contributed by atoms with Crippen LogP contribution in [0.1, 0.15) is 16.8 Å². The minimum absolute atomic E-state index is 0.0695. The van der Waals surface area contributed by atoms with Crippen LogP contribution >= 0.6 is 15.2 Å². The van der Waals surface area contributed by atoms with Crippen LogP contribution in [0.15, 0.2) is 17.1 Å². The molecule has 2 aliphatic rings. The van der Waals surface area contributed by atoms with Crippen LogP contribution in [0.3, 0.4) is 0 Å². The van der Waals surface area contributed by atoms with Gasteiger partial charge in [-0.2, -0.15) is 0 Å². The third-order valence-electron chi connectivity index (χ3n) is 6.44. The van der Waals surface area contributed by atoms with Crippen molar-refractivity contribution in [3.05, 3.63) is 33.9 Å². The minimum atomic E-state index is -5.57. The van der Waals surface area contributed by atoms with E-state index in [4.69, 9.17) is 4.74 Å². The quantitative estimate of drug-likeness (QED) is 0.245. The van der Waals surface area contributed by atoms with Gasteiger partial charge in [-0.15, -0.1) is 0 Å². The molecule has 6 N–H and O–H groups in total. The van der Waals surface area contributed by atoms with E-state index in [2.05, 4.69) is 0 Å². The molecule has 4 rings (SSSR count). The Morgan fingerprint density at radius 2 is 1.69 bits per heavy atom. The van der Waals surface area contributed by atoms with Gasteiger partial charge in [-0.05, 0) is 6.07 Å². The number of benzene rings is 1. The van der Waals surface area contributed by atoms with Crippen LogP contribution in [0.4, 0.5) is 10.1 Å². The highest BCUT2D eigenvalue weighted by molar-refractivity contribution is 7.72. The summed E-state index contributed by atoms with van der Waals surface area (Å²) in [6, 6.07) is 0.973. The maximum absolute atomic E-state index is 15.2. The average molecular weight is 551 g/mol. The van der Waals surface area contributed by atoms with E-state index in [1.165, 1.54) is 10.8 Å². The van der Waals surface area contributed by atoms with E-state index in [0.717, 1.165) is 6.07 Å². The Balaban J connectivity index is 1.58. The number of ether oxygens (including phenoxy) is 1. The molecule has 0 aliphatic carbocycles. The number of pyridine rings is 1. The second-order valence-electron chi connectivity index (χ2n) is 8.59. The van der Waals surface area contributed by atoms with E-state index < -0.39 is 49.5 Å². The van der Waals surface area contributed by atoms with Crippen molar-refractivity contribution < 1.29 is 52.8 Å². The molecule has 17 heteroatoms. The zero-order valence-corrected chi connectivity index (χ0v) is 20.4. The third kappa shape index (κ3) is 4.46. The second kappa shape index (κ2) is 9.19. The molecule has 36 heavy (non-hydrogen) atoms. The Labute approximate surface area is 202 Å². The van der Waals surface area contributed by atoms with Crippen LogP contribution in [0.2, 0.25) is 0 Å². The number of aromatic nitrogens is 1. The van der Waals surface area contributed by atoms with Gasteiger partial charge in [-0.1, -0.05) is 0 Å². The Bertz CT molecular complexity index is 1360. The molecule has 2 aliphatic heterocycles. The van der Waals surface area contributed by atoms with Crippen molar-refractivity contribution in [2.45, 2.75) is 18.0 Å². The molecule has 3 heterocycles. The summed E-state index contributed by atoms with van der Waals surface area (Å²) < 4.78 is 45.6. The number of rotatable bonds is 7. The topological polar surface area (TPSA) is 210 Å². The number of nitrogens with zero attached hydrogens (tertiary/aromatic N) is 3. The van der Waals surface area contributed by atoms with Crippen LogP contribution in [0.25, 0.3) is 10.9 Å². The van der Waals surface area contributed by atoms with Crippen LogP contribution < -0.4 is 15.1 Å². The monoisotopic (exact) mass is 551 g/mol. The highest BCUT2D eigenvalue weighted by Gasteiger charge is 2.59. The van der Waals surface area contributed by atoms with Crippen molar-refractivity contribution in [3.63, 3.8) is 0 Å². The highest BCUT2D eigenvalue weighted by atomic mass is 31.2. The number of piperazine rings is 1. The van der Waals surface area contributed by atoms with Crippen molar-refractivity contribution in [1.29, 1.82) is 0 Å². The first kappa shape index (κ1) is 26.7. The van der Waals surface area contributed by atoms with E-state index in [-0.39, 0.29) is 68.2 Å². The fourth-order valence-electron chi connectivity index (χ4n) is 4.46. The van der Waals surface area contributed by atoms with Gasteiger partial charge in [0.1, 0.15) is 17.9 Å². The lowest BCUT2D eigenvalue weighted by Crippen LogP contribution is -2.48. The van der Waals surface area contributed by atoms with E-state index in [1.54, 1.807) is 9.80 Å². The molecule has 0 unspecified atom stereocenters. The highest BCUT2D eigenvalue weighted by Crippen LogP contribution is 2.68. The molecular formula is C19H24FN3O11P2. The van der Waals surface area contributed by atoms with Gasteiger partial charge >= 0.3 is 21.2 Å². The standard InChI is InChI=1S/C19H24FN3O11P2/c20-13-9-11-14-17(34-8-7-23(14)10-12(16(11)24)18(25)26)15(13)22-5-3-21(4-6-22)2-1-19(27,35(28,29)30)36(31,32)33/h9-10,27H,1-8H2,(H,25,26)(H2,28,29,30)(H2,31,32,33). The van der Waals surface area contributed by atoms with Crippen LogP contribution in [0.5, 0.6) is 5.75 Å². The second-order valence-corrected chi connectivity index (χ2v) is 12.6. The van der Waals surface area contributed by atoms with E-state index in [1.807, 2.05) is 0 Å². The maximum Gasteiger partial charge on any atom is 0.369 e. The fraction of sp³-hybridized carbons (Fsp3) is 0.474. The molecule has 0 saturated carbocycles. The Hall–Kier alpha value is -2.35. The predicted octanol–water partition coefficient (Wildman–Crippen LogP) is -0.255. The Morgan fingerprint density at radius 1 is 1.08 bits per heavy atom. The summed E-state index contributed by atoms with van der Waals surface area (Å²) in [6.07, 6.45) is 0.306. The Morgan fingerprint density at radius 3 is 2.25 bits per heavy atom. The van der Waals surface area contributed by atoms with Gasteiger partial charge in [0.15, 0.2) is 11.6 Å². The van der Waals surface area contributed by atoms with Crippen molar-refractivity contribution in [3.8, 4) is 5.75 Å². The van der Waals surface area contributed by atoms with Gasteiger partial charge < -0.3 is 44.0 Å². The van der Waals surface area contributed by atoms with Gasteiger partial charge in [0.25, 0.3) is 5.08 Å². The van der Waals surface area contributed by atoms with Crippen molar-refractivity contribution in [2.75, 3.05) is 44.2 Å². The zero-order valence-electron chi connectivity index (χ0n) is 18.7. The number of hydrogen-bond donors (Lipinski definition) is 6. The number of hydrogen-bond acceptors (Lipinski definition) is 8. The molecule has 0 spiro atoms. The lowest BCUT2D eigenvalue weighted by molar-refractivity contribution is 0.0694. The molecule has 0 atom stereocenters. The number of halogens is 1. The average Bonchev–Trinajstić information content (AvgIpc) is 2.78. The predicted molar refractivity (Wildman–Crippen MR) is 123 cm³/mol. The van der Waals surface area contributed by atoms with Crippen molar-refractivity contribution in [1.82, 2.24) is 9.47 Å². The first-order chi connectivity index (χ1) is 16.7. The largest absolute Gasteiger partial charge is 0.487 e. The van der Waals surface area contributed by atoms with E-state index in [0.29, 0.717) is 0 Å². The third-order valence-corrected chi connectivity index (χ3v) is 10.3. The summed E-state index contributed by atoms with van der Waals surface area (Å²) in [6.45, 7) is 0.872. The van der Waals surface area contributed by atoms with Crippen LogP contribution in [0, 0.1) is 5.82 Å². The van der Waals surface area contributed by atoms with Crippen LogP contribution in [-0.4, -0.2) is 89.6 Å². The molecular weight excluding hydrogens is 527 g/mol. The molecule has 0 amide bonds. The van der Waals surface area contributed by atoms with Gasteiger partial charge in [0.2, 0.25) is 5.43 Å². The zero-order chi connectivity index (χ0) is 26.6. The van der Waals surface area contributed by atoms with Crippen LogP contribution in [-0.2, 0) is 15.7 Å². The SMILES string of the molecule is O=C(O)c1cn2c3c(c(N4CCN(CCC(O)(P(=O)(O)O)P(=O)(O)O)CC4)c(F)cc3c1=O)OCC2. The van der Waals surface area contributed by atoms with Crippen molar-refractivity contribution >= 4 is 37.8 Å². The van der Waals surface area contributed by atoms with Gasteiger partial charge in [0, 0.05) is 45.3 Å². The molecule has 0 bridgehead atoms.